The van der Waals surface area contributed by atoms with Crippen LogP contribution in [0.15, 0.2) is 64.5 Å². The number of carboxylic acids is 1. The molecule has 2 aromatic carbocycles. The zero-order chi connectivity index (χ0) is 19.2. The third-order valence-corrected chi connectivity index (χ3v) is 4.71. The summed E-state index contributed by atoms with van der Waals surface area (Å²) in [6.07, 6.45) is 1.76. The second-order valence-electron chi connectivity index (χ2n) is 5.64. The molecule has 3 rings (SSSR count). The summed E-state index contributed by atoms with van der Waals surface area (Å²) in [5, 5.41) is 9.35. The minimum atomic E-state index is -1.04. The first-order chi connectivity index (χ1) is 13.1. The second kappa shape index (κ2) is 8.55. The molecule has 1 aliphatic rings. The summed E-state index contributed by atoms with van der Waals surface area (Å²) >= 11 is 1.32. The summed E-state index contributed by atoms with van der Waals surface area (Å²) in [5.74, 6) is -0.706. The lowest BCUT2D eigenvalue weighted by Gasteiger charge is -2.11. The number of amides is 1. The van der Waals surface area contributed by atoms with Gasteiger partial charge in [0.25, 0.3) is 5.91 Å². The number of carbonyl (C=O) groups excluding carboxylic acids is 1. The molecule has 138 valence electrons. The maximum absolute atomic E-state index is 12.7. The van der Waals surface area contributed by atoms with Crippen LogP contribution in [0.1, 0.15) is 12.5 Å². The Labute approximate surface area is 161 Å². The average molecular weight is 382 g/mol. The van der Waals surface area contributed by atoms with Gasteiger partial charge in [0.1, 0.15) is 5.75 Å². The Morgan fingerprint density at radius 1 is 1.22 bits per heavy atom. The van der Waals surface area contributed by atoms with Gasteiger partial charge in [0.15, 0.2) is 11.8 Å². The molecular weight excluding hydrogens is 364 g/mol. The van der Waals surface area contributed by atoms with Crippen LogP contribution in [-0.4, -0.2) is 40.2 Å². The molecule has 0 aromatic heterocycles. The van der Waals surface area contributed by atoms with Crippen LogP contribution in [0.4, 0.5) is 5.69 Å². The third-order valence-electron chi connectivity index (χ3n) is 3.70. The third kappa shape index (κ3) is 4.77. The van der Waals surface area contributed by atoms with Crippen molar-refractivity contribution in [2.45, 2.75) is 6.92 Å². The molecule has 1 aliphatic heterocycles. The molecule has 0 saturated carbocycles. The largest absolute Gasteiger partial charge is 0.482 e. The average Bonchev–Trinajstić information content (AvgIpc) is 2.95. The van der Waals surface area contributed by atoms with Crippen LogP contribution in [0.3, 0.4) is 0 Å². The lowest BCUT2D eigenvalue weighted by molar-refractivity contribution is -0.139. The van der Waals surface area contributed by atoms with E-state index in [1.54, 1.807) is 29.2 Å². The first kappa shape index (κ1) is 18.7. The number of amidine groups is 1. The van der Waals surface area contributed by atoms with Gasteiger partial charge >= 0.3 is 5.97 Å². The predicted molar refractivity (Wildman–Crippen MR) is 106 cm³/mol. The lowest BCUT2D eigenvalue weighted by Crippen LogP contribution is -2.28. The summed E-state index contributed by atoms with van der Waals surface area (Å²) in [4.78, 5) is 30.1. The van der Waals surface area contributed by atoms with Crippen LogP contribution >= 0.6 is 11.8 Å². The van der Waals surface area contributed by atoms with Crippen molar-refractivity contribution in [3.8, 4) is 5.75 Å². The standard InChI is InChI=1S/C20H18N2O4S/c1-2-22-19(25)17(27-20(22)21-15-8-4-3-5-9-15)12-14-7-6-10-16(11-14)26-13-18(23)24/h3-12H,2,13H2,1H3,(H,23,24)/b17-12+,21-20?. The van der Waals surface area contributed by atoms with E-state index in [0.29, 0.717) is 22.4 Å². The highest BCUT2D eigenvalue weighted by atomic mass is 32.2. The quantitative estimate of drug-likeness (QED) is 0.770. The van der Waals surface area contributed by atoms with Crippen molar-refractivity contribution in [2.24, 2.45) is 4.99 Å². The highest BCUT2D eigenvalue weighted by Gasteiger charge is 2.32. The van der Waals surface area contributed by atoms with Crippen molar-refractivity contribution < 1.29 is 19.4 Å². The van der Waals surface area contributed by atoms with Gasteiger partial charge in [0.2, 0.25) is 0 Å². The first-order valence-electron chi connectivity index (χ1n) is 8.36. The van der Waals surface area contributed by atoms with Gasteiger partial charge in [-0.2, -0.15) is 0 Å². The molecule has 27 heavy (non-hydrogen) atoms. The summed E-state index contributed by atoms with van der Waals surface area (Å²) in [6, 6.07) is 16.4. The normalized spacial score (nSPS) is 16.9. The Morgan fingerprint density at radius 2 is 2.00 bits per heavy atom. The van der Waals surface area contributed by atoms with Crippen molar-refractivity contribution in [3.63, 3.8) is 0 Å². The fraction of sp³-hybridized carbons (Fsp3) is 0.150. The lowest BCUT2D eigenvalue weighted by atomic mass is 10.2. The van der Waals surface area contributed by atoms with Crippen LogP contribution < -0.4 is 4.74 Å². The zero-order valence-corrected chi connectivity index (χ0v) is 15.5. The highest BCUT2D eigenvalue weighted by molar-refractivity contribution is 8.18. The number of para-hydroxylation sites is 1. The van der Waals surface area contributed by atoms with Gasteiger partial charge < -0.3 is 9.84 Å². The smallest absolute Gasteiger partial charge is 0.341 e. The molecular formula is C20H18N2O4S. The Morgan fingerprint density at radius 3 is 2.70 bits per heavy atom. The van der Waals surface area contributed by atoms with Crippen LogP contribution in [0.5, 0.6) is 5.75 Å². The number of aliphatic imine (C=N–C) groups is 1. The number of aliphatic carboxylic acids is 1. The second-order valence-corrected chi connectivity index (χ2v) is 6.65. The van der Waals surface area contributed by atoms with Crippen LogP contribution in [0, 0.1) is 0 Å². The molecule has 1 saturated heterocycles. The minimum Gasteiger partial charge on any atom is -0.482 e. The molecule has 0 aliphatic carbocycles. The Bertz CT molecular complexity index is 909. The molecule has 0 bridgehead atoms. The summed E-state index contributed by atoms with van der Waals surface area (Å²) < 4.78 is 5.19. The van der Waals surface area contributed by atoms with E-state index in [0.717, 1.165) is 11.3 Å². The van der Waals surface area contributed by atoms with Crippen molar-refractivity contribution in [3.05, 3.63) is 65.1 Å². The topological polar surface area (TPSA) is 79.2 Å². The van der Waals surface area contributed by atoms with E-state index in [2.05, 4.69) is 4.99 Å². The van der Waals surface area contributed by atoms with Crippen molar-refractivity contribution in [2.75, 3.05) is 13.2 Å². The number of thioether (sulfide) groups is 1. The summed E-state index contributed by atoms with van der Waals surface area (Å²) in [6.45, 7) is 2.02. The van der Waals surface area contributed by atoms with E-state index in [-0.39, 0.29) is 5.91 Å². The summed E-state index contributed by atoms with van der Waals surface area (Å²) in [7, 11) is 0. The van der Waals surface area contributed by atoms with Gasteiger partial charge in [0.05, 0.1) is 10.6 Å². The van der Waals surface area contributed by atoms with Gasteiger partial charge in [-0.1, -0.05) is 30.3 Å². The number of likely N-dealkylation sites (N-methyl/N-ethyl adjacent to an activating group) is 1. The fourth-order valence-corrected chi connectivity index (χ4v) is 3.54. The molecule has 0 atom stereocenters. The van der Waals surface area contributed by atoms with Crippen molar-refractivity contribution in [1.29, 1.82) is 0 Å². The van der Waals surface area contributed by atoms with Crippen molar-refractivity contribution in [1.82, 2.24) is 4.90 Å². The van der Waals surface area contributed by atoms with Gasteiger partial charge in [-0.05, 0) is 54.6 Å². The number of hydrogen-bond acceptors (Lipinski definition) is 5. The van der Waals surface area contributed by atoms with Crippen LogP contribution in [0.2, 0.25) is 0 Å². The van der Waals surface area contributed by atoms with E-state index in [4.69, 9.17) is 9.84 Å². The molecule has 0 unspecified atom stereocenters. The van der Waals surface area contributed by atoms with Gasteiger partial charge in [-0.3, -0.25) is 9.69 Å². The molecule has 7 heteroatoms. The van der Waals surface area contributed by atoms with E-state index >= 15 is 0 Å². The molecule has 0 spiro atoms. The molecule has 1 N–H and O–H groups in total. The number of benzene rings is 2. The van der Waals surface area contributed by atoms with Gasteiger partial charge in [0, 0.05) is 6.54 Å². The number of carboxylic acid groups (broad SMARTS) is 1. The first-order valence-corrected chi connectivity index (χ1v) is 9.18. The zero-order valence-electron chi connectivity index (χ0n) is 14.7. The minimum absolute atomic E-state index is 0.103. The van der Waals surface area contributed by atoms with Crippen LogP contribution in [-0.2, 0) is 9.59 Å². The number of nitrogens with zero attached hydrogens (tertiary/aromatic N) is 2. The maximum Gasteiger partial charge on any atom is 0.341 e. The van der Waals surface area contributed by atoms with Crippen molar-refractivity contribution >= 4 is 40.6 Å². The van der Waals surface area contributed by atoms with E-state index in [1.807, 2.05) is 43.3 Å². The van der Waals surface area contributed by atoms with Crippen LogP contribution in [0.25, 0.3) is 6.08 Å². The summed E-state index contributed by atoms with van der Waals surface area (Å²) in [5.41, 5.74) is 1.54. The van der Waals surface area contributed by atoms with E-state index in [1.165, 1.54) is 11.8 Å². The molecule has 6 nitrogen and oxygen atoms in total. The Hall–Kier alpha value is -3.06. The van der Waals surface area contributed by atoms with Gasteiger partial charge in [-0.15, -0.1) is 0 Å². The molecule has 2 aromatic rings. The molecule has 1 fully saturated rings. The predicted octanol–water partition coefficient (Wildman–Crippen LogP) is 3.77. The highest BCUT2D eigenvalue weighted by Crippen LogP contribution is 2.34. The SMILES string of the molecule is CCN1C(=O)/C(=C\c2cccc(OCC(=O)O)c2)SC1=Nc1ccccc1. The number of carbonyl (C=O) groups is 2. The van der Waals surface area contributed by atoms with Gasteiger partial charge in [-0.25, -0.2) is 9.79 Å². The van der Waals surface area contributed by atoms with E-state index < -0.39 is 12.6 Å². The Kier molecular flexibility index (Phi) is 5.93. The monoisotopic (exact) mass is 382 g/mol. The fourth-order valence-electron chi connectivity index (χ4n) is 2.47. The molecule has 1 amide bonds. The Balaban J connectivity index is 1.84. The molecule has 1 heterocycles. The molecule has 0 radical (unpaired) electrons. The van der Waals surface area contributed by atoms with E-state index in [9.17, 15) is 9.59 Å². The number of hydrogen-bond donors (Lipinski definition) is 1. The maximum atomic E-state index is 12.7. The number of ether oxygens (including phenoxy) is 1. The number of rotatable bonds is 6.